The topological polar surface area (TPSA) is 106 Å². The van der Waals surface area contributed by atoms with Crippen molar-refractivity contribution in [2.75, 3.05) is 36.9 Å². The highest BCUT2D eigenvalue weighted by molar-refractivity contribution is 6.00. The number of amides is 3. The third kappa shape index (κ3) is 4.71. The smallest absolute Gasteiger partial charge is 0.266 e. The molecule has 9 nitrogen and oxygen atoms in total. The Labute approximate surface area is 179 Å². The monoisotopic (exact) mass is 425 g/mol. The van der Waals surface area contributed by atoms with E-state index in [0.29, 0.717) is 48.4 Å². The number of carbonyl (C=O) groups excluding carboxylic acids is 3. The molecule has 1 unspecified atom stereocenters. The van der Waals surface area contributed by atoms with Crippen molar-refractivity contribution in [1.29, 1.82) is 0 Å². The van der Waals surface area contributed by atoms with Crippen LogP contribution in [0.15, 0.2) is 42.5 Å². The molecule has 3 amide bonds. The number of carbonyl (C=O) groups is 3. The highest BCUT2D eigenvalue weighted by Crippen LogP contribution is 2.32. The Bertz CT molecular complexity index is 1010. The number of likely N-dealkylation sites (N-methyl/N-ethyl adjacent to an activating group) is 1. The van der Waals surface area contributed by atoms with E-state index in [4.69, 9.17) is 14.2 Å². The van der Waals surface area contributed by atoms with Crippen molar-refractivity contribution in [3.8, 4) is 17.2 Å². The first-order valence-electron chi connectivity index (χ1n) is 10.1. The summed E-state index contributed by atoms with van der Waals surface area (Å²) >= 11 is 0. The van der Waals surface area contributed by atoms with Gasteiger partial charge in [0.05, 0.1) is 18.7 Å². The lowest BCUT2D eigenvalue weighted by atomic mass is 10.1. The lowest BCUT2D eigenvalue weighted by Gasteiger charge is -2.27. The van der Waals surface area contributed by atoms with Crippen LogP contribution in [0.5, 0.6) is 17.2 Å². The fraction of sp³-hybridized carbons (Fsp3) is 0.318. The molecule has 0 saturated carbocycles. The maximum absolute atomic E-state index is 12.7. The second-order valence-electron chi connectivity index (χ2n) is 7.11. The molecule has 0 aliphatic carbocycles. The third-order valence-corrected chi connectivity index (χ3v) is 4.96. The van der Waals surface area contributed by atoms with Crippen LogP contribution in [-0.4, -0.2) is 55.0 Å². The summed E-state index contributed by atoms with van der Waals surface area (Å²) in [5.41, 5.74) is 1.12. The standard InChI is InChI=1S/C22H23N3O6/c1-2-25(13-20(26)23-14-7-8-17-18(11-14)30-10-9-29-17)21(27)12-19-22(28)24-15-5-3-4-6-16(15)31-19/h3-8,11,19H,2,9-10,12-13H2,1H3,(H,23,26)(H,24,28). The SMILES string of the molecule is CCN(CC(=O)Nc1ccc2c(c1)OCCO2)C(=O)CC1Oc2ccccc2NC1=O. The van der Waals surface area contributed by atoms with Crippen LogP contribution in [0, 0.1) is 0 Å². The van der Waals surface area contributed by atoms with E-state index < -0.39 is 6.10 Å². The molecule has 0 spiro atoms. The quantitative estimate of drug-likeness (QED) is 0.734. The van der Waals surface area contributed by atoms with Crippen molar-refractivity contribution in [2.45, 2.75) is 19.4 Å². The zero-order chi connectivity index (χ0) is 21.8. The van der Waals surface area contributed by atoms with E-state index >= 15 is 0 Å². The molecule has 0 fully saturated rings. The average Bonchev–Trinajstić information content (AvgIpc) is 2.77. The van der Waals surface area contributed by atoms with Gasteiger partial charge in [-0.15, -0.1) is 0 Å². The number of hydrogen-bond acceptors (Lipinski definition) is 6. The minimum Gasteiger partial charge on any atom is -0.486 e. The number of nitrogens with zero attached hydrogens (tertiary/aromatic N) is 1. The van der Waals surface area contributed by atoms with Gasteiger partial charge in [-0.05, 0) is 31.2 Å². The number of benzene rings is 2. The first-order valence-corrected chi connectivity index (χ1v) is 10.1. The van der Waals surface area contributed by atoms with Gasteiger partial charge in [-0.3, -0.25) is 14.4 Å². The number of para-hydroxylation sites is 2. The van der Waals surface area contributed by atoms with Gasteiger partial charge in [-0.2, -0.15) is 0 Å². The molecule has 0 bridgehead atoms. The van der Waals surface area contributed by atoms with Crippen molar-refractivity contribution < 1.29 is 28.6 Å². The van der Waals surface area contributed by atoms with Crippen LogP contribution < -0.4 is 24.8 Å². The summed E-state index contributed by atoms with van der Waals surface area (Å²) in [4.78, 5) is 38.9. The van der Waals surface area contributed by atoms with E-state index in [1.165, 1.54) is 4.90 Å². The largest absolute Gasteiger partial charge is 0.486 e. The van der Waals surface area contributed by atoms with Gasteiger partial charge in [0.1, 0.15) is 19.0 Å². The van der Waals surface area contributed by atoms with Crippen LogP contribution in [0.4, 0.5) is 11.4 Å². The van der Waals surface area contributed by atoms with Crippen molar-refractivity contribution in [3.05, 3.63) is 42.5 Å². The number of fused-ring (bicyclic) bond motifs is 2. The summed E-state index contributed by atoms with van der Waals surface area (Å²) in [6.07, 6.45) is -1.11. The van der Waals surface area contributed by atoms with Crippen LogP contribution in [-0.2, 0) is 14.4 Å². The molecule has 0 aromatic heterocycles. The zero-order valence-electron chi connectivity index (χ0n) is 17.1. The molecule has 1 atom stereocenters. The molecule has 4 rings (SSSR count). The molecule has 31 heavy (non-hydrogen) atoms. The van der Waals surface area contributed by atoms with E-state index in [0.717, 1.165) is 0 Å². The molecule has 2 aromatic carbocycles. The van der Waals surface area contributed by atoms with Gasteiger partial charge >= 0.3 is 0 Å². The number of anilines is 2. The summed E-state index contributed by atoms with van der Waals surface area (Å²) in [7, 11) is 0. The minimum absolute atomic E-state index is 0.144. The lowest BCUT2D eigenvalue weighted by molar-refractivity contribution is -0.138. The van der Waals surface area contributed by atoms with Crippen molar-refractivity contribution in [2.24, 2.45) is 0 Å². The summed E-state index contributed by atoms with van der Waals surface area (Å²) in [5.74, 6) is 0.615. The molecule has 9 heteroatoms. The average molecular weight is 425 g/mol. The van der Waals surface area contributed by atoms with Gasteiger partial charge < -0.3 is 29.7 Å². The third-order valence-electron chi connectivity index (χ3n) is 4.96. The van der Waals surface area contributed by atoms with Crippen LogP contribution in [0.25, 0.3) is 0 Å². The van der Waals surface area contributed by atoms with Gasteiger partial charge in [-0.25, -0.2) is 0 Å². The van der Waals surface area contributed by atoms with Crippen LogP contribution in [0.1, 0.15) is 13.3 Å². The van der Waals surface area contributed by atoms with Crippen molar-refractivity contribution in [1.82, 2.24) is 4.90 Å². The number of ether oxygens (including phenoxy) is 3. The second-order valence-corrected chi connectivity index (χ2v) is 7.11. The fourth-order valence-corrected chi connectivity index (χ4v) is 3.39. The number of nitrogens with one attached hydrogen (secondary N) is 2. The van der Waals surface area contributed by atoms with E-state index in [1.807, 2.05) is 0 Å². The lowest BCUT2D eigenvalue weighted by Crippen LogP contribution is -2.44. The summed E-state index contributed by atoms with van der Waals surface area (Å²) in [6.45, 7) is 2.88. The Morgan fingerprint density at radius 1 is 1.10 bits per heavy atom. The molecule has 2 aromatic rings. The van der Waals surface area contributed by atoms with Gasteiger partial charge in [0, 0.05) is 18.3 Å². The van der Waals surface area contributed by atoms with Crippen LogP contribution in [0.3, 0.4) is 0 Å². The Kier molecular flexibility index (Phi) is 5.92. The van der Waals surface area contributed by atoms with Gasteiger partial charge in [0.25, 0.3) is 5.91 Å². The molecule has 0 saturated heterocycles. The van der Waals surface area contributed by atoms with E-state index in [9.17, 15) is 14.4 Å². The second kappa shape index (κ2) is 8.95. The Hall–Kier alpha value is -3.75. The van der Waals surface area contributed by atoms with Crippen LogP contribution >= 0.6 is 0 Å². The predicted octanol–water partition coefficient (Wildman–Crippen LogP) is 2.03. The zero-order valence-corrected chi connectivity index (χ0v) is 17.1. The number of rotatable bonds is 6. The molecule has 2 heterocycles. The van der Waals surface area contributed by atoms with Crippen molar-refractivity contribution >= 4 is 29.1 Å². The molecule has 2 aliphatic rings. The maximum atomic E-state index is 12.7. The Morgan fingerprint density at radius 2 is 1.87 bits per heavy atom. The molecule has 0 radical (unpaired) electrons. The first-order chi connectivity index (χ1) is 15.0. The summed E-state index contributed by atoms with van der Waals surface area (Å²) in [5, 5.41) is 5.49. The molecule has 2 aliphatic heterocycles. The summed E-state index contributed by atoms with van der Waals surface area (Å²) in [6, 6.07) is 12.1. The van der Waals surface area contributed by atoms with Gasteiger partial charge in [0.15, 0.2) is 17.6 Å². The van der Waals surface area contributed by atoms with E-state index in [1.54, 1.807) is 49.4 Å². The molecular formula is C22H23N3O6. The maximum Gasteiger partial charge on any atom is 0.266 e. The van der Waals surface area contributed by atoms with Crippen LogP contribution in [0.2, 0.25) is 0 Å². The van der Waals surface area contributed by atoms with E-state index in [2.05, 4.69) is 10.6 Å². The first kappa shape index (κ1) is 20.5. The summed E-state index contributed by atoms with van der Waals surface area (Å²) < 4.78 is 16.7. The molecule has 162 valence electrons. The van der Waals surface area contributed by atoms with E-state index in [-0.39, 0.29) is 30.7 Å². The highest BCUT2D eigenvalue weighted by atomic mass is 16.6. The Balaban J connectivity index is 1.34. The highest BCUT2D eigenvalue weighted by Gasteiger charge is 2.31. The van der Waals surface area contributed by atoms with Gasteiger partial charge in [-0.1, -0.05) is 12.1 Å². The Morgan fingerprint density at radius 3 is 2.68 bits per heavy atom. The minimum atomic E-state index is -0.947. The molecular weight excluding hydrogens is 402 g/mol. The van der Waals surface area contributed by atoms with Crippen molar-refractivity contribution in [3.63, 3.8) is 0 Å². The van der Waals surface area contributed by atoms with Gasteiger partial charge in [0.2, 0.25) is 11.8 Å². The fourth-order valence-electron chi connectivity index (χ4n) is 3.39. The predicted molar refractivity (Wildman–Crippen MR) is 112 cm³/mol. The number of hydrogen-bond donors (Lipinski definition) is 2. The normalized spacial score (nSPS) is 16.4. The molecule has 2 N–H and O–H groups in total.